The van der Waals surface area contributed by atoms with Crippen molar-refractivity contribution in [3.8, 4) is 0 Å². The molecule has 20 heavy (non-hydrogen) atoms. The van der Waals surface area contributed by atoms with Crippen LogP contribution in [0.2, 0.25) is 0 Å². The Morgan fingerprint density at radius 2 is 1.85 bits per heavy atom. The van der Waals surface area contributed by atoms with Gasteiger partial charge < -0.3 is 15.2 Å². The Morgan fingerprint density at radius 3 is 2.45 bits per heavy atom. The van der Waals surface area contributed by atoms with Crippen molar-refractivity contribution in [2.45, 2.75) is 18.9 Å². The second kappa shape index (κ2) is 6.86. The summed E-state index contributed by atoms with van der Waals surface area (Å²) in [6.45, 7) is 1.37. The van der Waals surface area contributed by atoms with Crippen LogP contribution in [0.25, 0.3) is 6.08 Å². The molecule has 1 aliphatic heterocycles. The van der Waals surface area contributed by atoms with Gasteiger partial charge in [0.05, 0.1) is 0 Å². The third kappa shape index (κ3) is 4.20. The first-order valence-electron chi connectivity index (χ1n) is 6.55. The van der Waals surface area contributed by atoms with E-state index < -0.39 is 5.97 Å². The maximum Gasteiger partial charge on any atom is 0.328 e. The number of hydrogen-bond acceptors (Lipinski definition) is 3. The molecule has 0 aliphatic carbocycles. The molecule has 1 aliphatic rings. The van der Waals surface area contributed by atoms with Gasteiger partial charge in [0, 0.05) is 30.9 Å². The van der Waals surface area contributed by atoms with E-state index in [-0.39, 0.29) is 11.9 Å². The highest BCUT2D eigenvalue weighted by Gasteiger charge is 2.16. The molecule has 0 atom stereocenters. The molecule has 1 saturated heterocycles. The second-order valence-corrected chi connectivity index (χ2v) is 4.65. The number of carbonyl (C=O) groups is 2. The topological polar surface area (TPSA) is 75.6 Å². The average molecular weight is 275 g/mol. The van der Waals surface area contributed by atoms with Crippen LogP contribution in [0.15, 0.2) is 30.3 Å². The fraction of sp³-hybridized carbons (Fsp3) is 0.333. The molecule has 2 rings (SSSR count). The Balaban J connectivity index is 1.94. The first-order chi connectivity index (χ1) is 9.65. The third-order valence-corrected chi connectivity index (χ3v) is 3.15. The maximum atomic E-state index is 12.0. The van der Waals surface area contributed by atoms with E-state index in [9.17, 15) is 9.59 Å². The van der Waals surface area contributed by atoms with Crippen LogP contribution in [-0.4, -0.2) is 36.2 Å². The molecule has 106 valence electrons. The van der Waals surface area contributed by atoms with Crippen molar-refractivity contribution in [3.63, 3.8) is 0 Å². The van der Waals surface area contributed by atoms with Crippen LogP contribution in [0, 0.1) is 0 Å². The number of ether oxygens (including phenoxy) is 1. The number of hydrogen-bond donors (Lipinski definition) is 2. The summed E-state index contributed by atoms with van der Waals surface area (Å²) in [5.41, 5.74) is 1.32. The van der Waals surface area contributed by atoms with Crippen molar-refractivity contribution >= 4 is 18.0 Å². The van der Waals surface area contributed by atoms with E-state index in [1.165, 1.54) is 6.08 Å². The van der Waals surface area contributed by atoms with Crippen LogP contribution in [-0.2, 0) is 9.53 Å². The number of amides is 1. The molecule has 1 amide bonds. The highest BCUT2D eigenvalue weighted by atomic mass is 16.5. The Morgan fingerprint density at radius 1 is 1.20 bits per heavy atom. The normalized spacial score (nSPS) is 16.2. The van der Waals surface area contributed by atoms with Crippen LogP contribution in [0.5, 0.6) is 0 Å². The average Bonchev–Trinajstić information content (AvgIpc) is 2.46. The fourth-order valence-electron chi connectivity index (χ4n) is 2.02. The van der Waals surface area contributed by atoms with Crippen LogP contribution in [0.1, 0.15) is 28.8 Å². The van der Waals surface area contributed by atoms with Gasteiger partial charge in [-0.2, -0.15) is 0 Å². The minimum Gasteiger partial charge on any atom is -0.478 e. The zero-order valence-electron chi connectivity index (χ0n) is 11.0. The van der Waals surface area contributed by atoms with Crippen molar-refractivity contribution in [3.05, 3.63) is 41.5 Å². The molecule has 0 bridgehead atoms. The fourth-order valence-corrected chi connectivity index (χ4v) is 2.02. The minimum atomic E-state index is -0.994. The van der Waals surface area contributed by atoms with Crippen molar-refractivity contribution in [1.82, 2.24) is 5.32 Å². The van der Waals surface area contributed by atoms with Gasteiger partial charge in [-0.05, 0) is 36.6 Å². The van der Waals surface area contributed by atoms with E-state index in [2.05, 4.69) is 5.32 Å². The molecule has 1 fully saturated rings. The number of carbonyl (C=O) groups excluding carboxylic acids is 1. The minimum absolute atomic E-state index is 0.106. The molecule has 0 aromatic heterocycles. The maximum absolute atomic E-state index is 12.0. The first-order valence-corrected chi connectivity index (χ1v) is 6.55. The number of carboxylic acids is 1. The van der Waals surface area contributed by atoms with Crippen molar-refractivity contribution in [1.29, 1.82) is 0 Å². The molecule has 0 unspecified atom stereocenters. The van der Waals surface area contributed by atoms with Gasteiger partial charge in [0.1, 0.15) is 0 Å². The lowest BCUT2D eigenvalue weighted by Crippen LogP contribution is -2.38. The van der Waals surface area contributed by atoms with Crippen LogP contribution >= 0.6 is 0 Å². The van der Waals surface area contributed by atoms with E-state index in [4.69, 9.17) is 9.84 Å². The van der Waals surface area contributed by atoms with Crippen LogP contribution < -0.4 is 5.32 Å². The van der Waals surface area contributed by atoms with Gasteiger partial charge >= 0.3 is 5.97 Å². The second-order valence-electron chi connectivity index (χ2n) is 4.65. The Labute approximate surface area is 117 Å². The first kappa shape index (κ1) is 14.3. The van der Waals surface area contributed by atoms with Crippen LogP contribution in [0.4, 0.5) is 0 Å². The highest BCUT2D eigenvalue weighted by Crippen LogP contribution is 2.10. The molecule has 1 heterocycles. The molecular weight excluding hydrogens is 258 g/mol. The van der Waals surface area contributed by atoms with E-state index >= 15 is 0 Å². The van der Waals surface area contributed by atoms with E-state index in [0.717, 1.165) is 24.5 Å². The van der Waals surface area contributed by atoms with E-state index in [1.54, 1.807) is 24.3 Å². The molecular formula is C15H17NO4. The smallest absolute Gasteiger partial charge is 0.328 e. The van der Waals surface area contributed by atoms with Crippen molar-refractivity contribution in [2.75, 3.05) is 13.2 Å². The molecule has 2 N–H and O–H groups in total. The summed E-state index contributed by atoms with van der Waals surface area (Å²) in [5.74, 6) is -1.10. The number of aliphatic carboxylic acids is 1. The largest absolute Gasteiger partial charge is 0.478 e. The van der Waals surface area contributed by atoms with Gasteiger partial charge in [0.25, 0.3) is 5.91 Å². The van der Waals surface area contributed by atoms with Crippen molar-refractivity contribution in [2.24, 2.45) is 0 Å². The summed E-state index contributed by atoms with van der Waals surface area (Å²) in [5, 5.41) is 11.5. The number of benzene rings is 1. The summed E-state index contributed by atoms with van der Waals surface area (Å²) in [6, 6.07) is 6.99. The van der Waals surface area contributed by atoms with Gasteiger partial charge in [-0.25, -0.2) is 4.79 Å². The van der Waals surface area contributed by atoms with E-state index in [1.807, 2.05) is 0 Å². The molecule has 5 heteroatoms. The molecule has 0 saturated carbocycles. The molecule has 1 aromatic rings. The quantitative estimate of drug-likeness (QED) is 0.820. The summed E-state index contributed by atoms with van der Waals surface area (Å²) in [7, 11) is 0. The van der Waals surface area contributed by atoms with Gasteiger partial charge in [-0.3, -0.25) is 4.79 Å². The Hall–Kier alpha value is -2.14. The lowest BCUT2D eigenvalue weighted by molar-refractivity contribution is -0.131. The summed E-state index contributed by atoms with van der Waals surface area (Å²) < 4.78 is 5.24. The molecule has 1 aromatic carbocycles. The third-order valence-electron chi connectivity index (χ3n) is 3.15. The van der Waals surface area contributed by atoms with Gasteiger partial charge in [0.2, 0.25) is 0 Å². The zero-order chi connectivity index (χ0) is 14.4. The summed E-state index contributed by atoms with van der Waals surface area (Å²) in [6.07, 6.45) is 4.23. The predicted molar refractivity (Wildman–Crippen MR) is 74.4 cm³/mol. The molecule has 0 spiro atoms. The van der Waals surface area contributed by atoms with Gasteiger partial charge in [0.15, 0.2) is 0 Å². The summed E-state index contributed by atoms with van der Waals surface area (Å²) in [4.78, 5) is 22.4. The molecule has 0 radical (unpaired) electrons. The highest BCUT2D eigenvalue weighted by molar-refractivity contribution is 5.94. The van der Waals surface area contributed by atoms with Gasteiger partial charge in [-0.15, -0.1) is 0 Å². The lowest BCUT2D eigenvalue weighted by atomic mass is 10.1. The van der Waals surface area contributed by atoms with Crippen molar-refractivity contribution < 1.29 is 19.4 Å². The predicted octanol–water partition coefficient (Wildman–Crippen LogP) is 1.69. The summed E-state index contributed by atoms with van der Waals surface area (Å²) >= 11 is 0. The molecule has 5 nitrogen and oxygen atoms in total. The van der Waals surface area contributed by atoms with Gasteiger partial charge in [-0.1, -0.05) is 12.1 Å². The standard InChI is InChI=1S/C15H17NO4/c17-14(18)6-3-11-1-4-12(5-2-11)15(19)16-13-7-9-20-10-8-13/h1-6,13H,7-10H2,(H,16,19)(H,17,18). The van der Waals surface area contributed by atoms with Crippen LogP contribution in [0.3, 0.4) is 0 Å². The monoisotopic (exact) mass is 275 g/mol. The SMILES string of the molecule is O=C(O)C=Cc1ccc(C(=O)NC2CCOCC2)cc1. The van der Waals surface area contributed by atoms with E-state index in [0.29, 0.717) is 18.8 Å². The Bertz CT molecular complexity index is 501. The zero-order valence-corrected chi connectivity index (χ0v) is 11.0. The number of nitrogens with one attached hydrogen (secondary N) is 1. The Kier molecular flexibility index (Phi) is 4.90. The number of rotatable bonds is 4. The number of carboxylic acid groups (broad SMARTS) is 1. The lowest BCUT2D eigenvalue weighted by Gasteiger charge is -2.23.